The van der Waals surface area contributed by atoms with E-state index in [0.29, 0.717) is 22.2 Å². The fourth-order valence-corrected chi connectivity index (χ4v) is 6.01. The fraction of sp³-hybridized carbons (Fsp3) is 0.933. The zero-order valence-corrected chi connectivity index (χ0v) is 10.9. The summed E-state index contributed by atoms with van der Waals surface area (Å²) in [6, 6.07) is 0. The fourth-order valence-electron chi connectivity index (χ4n) is 6.01. The van der Waals surface area contributed by atoms with Gasteiger partial charge in [-0.25, -0.2) is 0 Å². The van der Waals surface area contributed by atoms with Crippen LogP contribution >= 0.6 is 0 Å². The van der Waals surface area contributed by atoms with E-state index < -0.39 is 0 Å². The van der Waals surface area contributed by atoms with Gasteiger partial charge in [0.2, 0.25) is 0 Å². The molecule has 2 bridgehead atoms. The summed E-state index contributed by atoms with van der Waals surface area (Å²) in [5, 5.41) is 0. The molecule has 0 saturated heterocycles. The lowest BCUT2D eigenvalue weighted by molar-refractivity contribution is -0.209. The monoisotopic (exact) mass is 220 g/mol. The Morgan fingerprint density at radius 1 is 1.06 bits per heavy atom. The third-order valence-electron chi connectivity index (χ3n) is 6.68. The number of aldehydes is 1. The molecule has 16 heavy (non-hydrogen) atoms. The van der Waals surface area contributed by atoms with Crippen molar-refractivity contribution in [3.05, 3.63) is 0 Å². The highest BCUT2D eigenvalue weighted by molar-refractivity contribution is 5.61. The van der Waals surface area contributed by atoms with Crippen molar-refractivity contribution in [1.29, 1.82) is 0 Å². The van der Waals surface area contributed by atoms with Crippen LogP contribution in [0.5, 0.6) is 0 Å². The minimum atomic E-state index is 0.352. The highest BCUT2D eigenvalue weighted by atomic mass is 16.1. The smallest absolute Gasteiger partial charge is 0.124 e. The van der Waals surface area contributed by atoms with E-state index in [0.717, 1.165) is 5.92 Å². The second-order valence-electron chi connectivity index (χ2n) is 7.34. The quantitative estimate of drug-likeness (QED) is 0.614. The average molecular weight is 220 g/mol. The Bertz CT molecular complexity index is 332. The molecule has 1 nitrogen and oxygen atoms in total. The van der Waals surface area contributed by atoms with Crippen molar-refractivity contribution in [1.82, 2.24) is 0 Å². The van der Waals surface area contributed by atoms with Gasteiger partial charge in [0.15, 0.2) is 0 Å². The number of hydrogen-bond donors (Lipinski definition) is 0. The maximum absolute atomic E-state index is 11.6. The first kappa shape index (κ1) is 10.8. The summed E-state index contributed by atoms with van der Waals surface area (Å²) in [4.78, 5) is 11.6. The zero-order chi connectivity index (χ0) is 11.6. The first-order valence-electron chi connectivity index (χ1n) is 6.94. The number of carbonyl (C=O) groups is 1. The molecule has 3 rings (SSSR count). The Balaban J connectivity index is 2.13. The maximum Gasteiger partial charge on any atom is 0.124 e. The second-order valence-corrected chi connectivity index (χ2v) is 7.34. The molecule has 0 aromatic carbocycles. The van der Waals surface area contributed by atoms with Gasteiger partial charge in [0.1, 0.15) is 6.29 Å². The van der Waals surface area contributed by atoms with Crippen LogP contribution < -0.4 is 0 Å². The van der Waals surface area contributed by atoms with Crippen LogP contribution in [0.3, 0.4) is 0 Å². The first-order valence-corrected chi connectivity index (χ1v) is 6.94. The molecule has 1 unspecified atom stereocenters. The van der Waals surface area contributed by atoms with E-state index in [1.54, 1.807) is 0 Å². The van der Waals surface area contributed by atoms with E-state index in [-0.39, 0.29) is 0 Å². The Morgan fingerprint density at radius 2 is 1.81 bits per heavy atom. The van der Waals surface area contributed by atoms with Crippen molar-refractivity contribution in [3.63, 3.8) is 0 Å². The summed E-state index contributed by atoms with van der Waals surface area (Å²) in [6.45, 7) is 7.24. The highest BCUT2D eigenvalue weighted by Crippen LogP contribution is 2.79. The normalized spacial score (nSPS) is 53.7. The van der Waals surface area contributed by atoms with Crippen LogP contribution in [-0.4, -0.2) is 6.29 Å². The van der Waals surface area contributed by atoms with Crippen LogP contribution in [0.15, 0.2) is 0 Å². The van der Waals surface area contributed by atoms with E-state index in [9.17, 15) is 4.79 Å². The SMILES string of the molecule is CC1(C)CCC[C@@]2(C)[C@@H]3CCCC31[C@@H]2C=O. The molecule has 0 N–H and O–H groups in total. The second kappa shape index (κ2) is 2.91. The number of hydrogen-bond acceptors (Lipinski definition) is 1. The van der Waals surface area contributed by atoms with Crippen molar-refractivity contribution in [2.24, 2.45) is 28.1 Å². The Kier molecular flexibility index (Phi) is 1.97. The lowest BCUT2D eigenvalue weighted by atomic mass is 9.35. The van der Waals surface area contributed by atoms with Gasteiger partial charge >= 0.3 is 0 Å². The van der Waals surface area contributed by atoms with Crippen molar-refractivity contribution in [3.8, 4) is 0 Å². The number of rotatable bonds is 1. The molecule has 3 fully saturated rings. The summed E-state index contributed by atoms with van der Waals surface area (Å²) in [5.41, 5.74) is 1.11. The summed E-state index contributed by atoms with van der Waals surface area (Å²) in [7, 11) is 0. The van der Waals surface area contributed by atoms with Gasteiger partial charge in [0, 0.05) is 5.92 Å². The molecule has 3 aliphatic rings. The molecule has 4 atom stereocenters. The minimum absolute atomic E-state index is 0.352. The molecule has 0 aromatic rings. The van der Waals surface area contributed by atoms with Crippen LogP contribution in [0.1, 0.15) is 59.3 Å². The van der Waals surface area contributed by atoms with Crippen LogP contribution in [0.2, 0.25) is 0 Å². The standard InChI is InChI=1S/C15H24O/c1-13(2)7-5-8-14(3)11-6-4-9-15(11,13)12(14)10-16/h10-12H,4-9H2,1-3H3/t11-,12+,14-,15?/m0/s1. The molecular weight excluding hydrogens is 196 g/mol. The largest absolute Gasteiger partial charge is 0.303 e. The topological polar surface area (TPSA) is 17.1 Å². The zero-order valence-electron chi connectivity index (χ0n) is 10.9. The molecule has 3 aliphatic carbocycles. The van der Waals surface area contributed by atoms with Gasteiger partial charge in [-0.3, -0.25) is 0 Å². The molecule has 3 saturated carbocycles. The summed E-state index contributed by atoms with van der Waals surface area (Å²) in [6.07, 6.45) is 9.29. The van der Waals surface area contributed by atoms with E-state index in [2.05, 4.69) is 20.8 Å². The van der Waals surface area contributed by atoms with Gasteiger partial charge < -0.3 is 4.79 Å². The van der Waals surface area contributed by atoms with Crippen molar-refractivity contribution in [2.75, 3.05) is 0 Å². The summed E-state index contributed by atoms with van der Waals surface area (Å²) in [5.74, 6) is 1.19. The Morgan fingerprint density at radius 3 is 2.50 bits per heavy atom. The Hall–Kier alpha value is -0.330. The summed E-state index contributed by atoms with van der Waals surface area (Å²) < 4.78 is 0. The molecule has 0 amide bonds. The molecule has 0 radical (unpaired) electrons. The van der Waals surface area contributed by atoms with Crippen molar-refractivity contribution in [2.45, 2.75) is 59.3 Å². The van der Waals surface area contributed by atoms with Crippen molar-refractivity contribution >= 4 is 6.29 Å². The van der Waals surface area contributed by atoms with Gasteiger partial charge in [-0.05, 0) is 47.8 Å². The van der Waals surface area contributed by atoms with E-state index in [1.165, 1.54) is 44.8 Å². The van der Waals surface area contributed by atoms with Gasteiger partial charge in [-0.2, -0.15) is 0 Å². The molecule has 0 aromatic heterocycles. The lowest BCUT2D eigenvalue weighted by Crippen LogP contribution is -2.65. The van der Waals surface area contributed by atoms with Crippen molar-refractivity contribution < 1.29 is 4.79 Å². The van der Waals surface area contributed by atoms with E-state index in [1.807, 2.05) is 0 Å². The predicted molar refractivity (Wildman–Crippen MR) is 65.1 cm³/mol. The maximum atomic E-state index is 11.6. The van der Waals surface area contributed by atoms with Crippen LogP contribution in [0.25, 0.3) is 0 Å². The van der Waals surface area contributed by atoms with Gasteiger partial charge in [-0.15, -0.1) is 0 Å². The van der Waals surface area contributed by atoms with Crippen LogP contribution in [-0.2, 0) is 4.79 Å². The Labute approximate surface area is 99.0 Å². The third-order valence-corrected chi connectivity index (χ3v) is 6.68. The minimum Gasteiger partial charge on any atom is -0.303 e. The first-order chi connectivity index (χ1) is 7.49. The number of carbonyl (C=O) groups excluding carboxylic acids is 1. The molecule has 1 heteroatoms. The lowest BCUT2D eigenvalue weighted by Gasteiger charge is -2.68. The van der Waals surface area contributed by atoms with Gasteiger partial charge in [-0.1, -0.05) is 33.6 Å². The predicted octanol–water partition coefficient (Wildman–Crippen LogP) is 3.82. The van der Waals surface area contributed by atoms with Gasteiger partial charge in [0.25, 0.3) is 0 Å². The molecule has 0 aliphatic heterocycles. The average Bonchev–Trinajstić information content (AvgIpc) is 2.54. The van der Waals surface area contributed by atoms with E-state index >= 15 is 0 Å². The molecule has 90 valence electrons. The summed E-state index contributed by atoms with van der Waals surface area (Å²) >= 11 is 0. The molecule has 1 spiro atoms. The highest BCUT2D eigenvalue weighted by Gasteiger charge is 2.74. The van der Waals surface area contributed by atoms with Crippen LogP contribution in [0.4, 0.5) is 0 Å². The van der Waals surface area contributed by atoms with Gasteiger partial charge in [0.05, 0.1) is 0 Å². The molecular formula is C15H24O. The third kappa shape index (κ3) is 0.889. The van der Waals surface area contributed by atoms with Crippen LogP contribution in [0, 0.1) is 28.1 Å². The van der Waals surface area contributed by atoms with E-state index in [4.69, 9.17) is 0 Å². The number of fused-ring (bicyclic) bond motifs is 2. The molecule has 0 heterocycles.